The molecule has 0 bridgehead atoms. The maximum absolute atomic E-state index is 13.1. The molecule has 4 heterocycles. The highest BCUT2D eigenvalue weighted by Gasteiger charge is 2.25. The first kappa shape index (κ1) is 23.3. The fourth-order valence-electron chi connectivity index (χ4n) is 5.42. The molecule has 186 valence electrons. The number of carbonyl (C=O) groups excluding carboxylic acids is 1. The van der Waals surface area contributed by atoms with Crippen molar-refractivity contribution in [2.75, 3.05) is 26.3 Å². The molecule has 0 spiro atoms. The highest BCUT2D eigenvalue weighted by Crippen LogP contribution is 2.39. The van der Waals surface area contributed by atoms with Crippen molar-refractivity contribution in [2.24, 2.45) is 0 Å². The summed E-state index contributed by atoms with van der Waals surface area (Å²) in [6.45, 7) is 5.70. The van der Waals surface area contributed by atoms with E-state index in [0.29, 0.717) is 23.9 Å². The predicted molar refractivity (Wildman–Crippen MR) is 138 cm³/mol. The third kappa shape index (κ3) is 4.90. The first-order valence-electron chi connectivity index (χ1n) is 13.2. The van der Waals surface area contributed by atoms with Gasteiger partial charge in [0.2, 0.25) is 0 Å². The molecule has 1 saturated heterocycles. The van der Waals surface area contributed by atoms with Gasteiger partial charge >= 0.3 is 0 Å². The van der Waals surface area contributed by atoms with Crippen molar-refractivity contribution in [3.63, 3.8) is 0 Å². The van der Waals surface area contributed by atoms with Crippen LogP contribution >= 0.6 is 0 Å². The molecule has 1 unspecified atom stereocenters. The van der Waals surface area contributed by atoms with Crippen molar-refractivity contribution in [3.05, 3.63) is 77.0 Å². The minimum atomic E-state index is 0.0492. The van der Waals surface area contributed by atoms with Crippen LogP contribution in [0.5, 0.6) is 0 Å². The van der Waals surface area contributed by atoms with Crippen LogP contribution in [-0.2, 0) is 11.2 Å². The molecule has 3 aromatic rings. The molecular weight excluding hydrogens is 450 g/mol. The standard InChI is InChI=1S/C29H33N5O2/c1-20-26(19-32-34(20)29-11-7-24(18-31-29)22-3-4-22)28(35)16-21-2-10-27(30-17-21)23-5-8-25(9-6-23)33-12-14-36-15-13-33/h2,5,7,10-11,17-19,22,25H,3-4,6,8-9,12-16H2,1H3. The van der Waals surface area contributed by atoms with Crippen LogP contribution in [0.3, 0.4) is 0 Å². The quantitative estimate of drug-likeness (QED) is 0.460. The van der Waals surface area contributed by atoms with Crippen molar-refractivity contribution < 1.29 is 9.53 Å². The van der Waals surface area contributed by atoms with E-state index in [1.165, 1.54) is 24.0 Å². The molecule has 1 saturated carbocycles. The van der Waals surface area contributed by atoms with Gasteiger partial charge in [-0.3, -0.25) is 14.7 Å². The molecule has 2 fully saturated rings. The third-order valence-corrected chi connectivity index (χ3v) is 7.81. The van der Waals surface area contributed by atoms with E-state index in [-0.39, 0.29) is 5.78 Å². The summed E-state index contributed by atoms with van der Waals surface area (Å²) < 4.78 is 7.24. The van der Waals surface area contributed by atoms with Crippen LogP contribution in [0.25, 0.3) is 11.4 Å². The number of hydrogen-bond donors (Lipinski definition) is 0. The zero-order chi connectivity index (χ0) is 24.5. The summed E-state index contributed by atoms with van der Waals surface area (Å²) in [5.41, 5.74) is 6.00. The van der Waals surface area contributed by atoms with E-state index in [1.807, 2.05) is 31.5 Å². The number of nitrogens with zero attached hydrogens (tertiary/aromatic N) is 5. The minimum absolute atomic E-state index is 0.0492. The molecule has 1 atom stereocenters. The second-order valence-electron chi connectivity index (χ2n) is 10.2. The molecule has 3 aromatic heterocycles. The smallest absolute Gasteiger partial charge is 0.170 e. The molecule has 2 aliphatic carbocycles. The lowest BCUT2D eigenvalue weighted by molar-refractivity contribution is 0.0150. The predicted octanol–water partition coefficient (Wildman–Crippen LogP) is 4.54. The van der Waals surface area contributed by atoms with E-state index in [9.17, 15) is 4.79 Å². The monoisotopic (exact) mass is 483 g/mol. The van der Waals surface area contributed by atoms with Crippen LogP contribution in [0.4, 0.5) is 0 Å². The Morgan fingerprint density at radius 2 is 1.89 bits per heavy atom. The van der Waals surface area contributed by atoms with Gasteiger partial charge in [0.1, 0.15) is 0 Å². The topological polar surface area (TPSA) is 73.1 Å². The zero-order valence-electron chi connectivity index (χ0n) is 20.9. The second-order valence-corrected chi connectivity index (χ2v) is 10.2. The number of morpholine rings is 1. The summed E-state index contributed by atoms with van der Waals surface area (Å²) in [5, 5.41) is 4.45. The molecule has 0 radical (unpaired) electrons. The molecule has 6 rings (SSSR count). The molecule has 0 amide bonds. The fourth-order valence-corrected chi connectivity index (χ4v) is 5.42. The molecule has 0 N–H and O–H groups in total. The van der Waals surface area contributed by atoms with Crippen LogP contribution < -0.4 is 0 Å². The zero-order valence-corrected chi connectivity index (χ0v) is 20.9. The summed E-state index contributed by atoms with van der Waals surface area (Å²) in [4.78, 5) is 24.9. The number of rotatable bonds is 7. The Hall–Kier alpha value is -3.16. The largest absolute Gasteiger partial charge is 0.379 e. The summed E-state index contributed by atoms with van der Waals surface area (Å²) in [6.07, 6.45) is 13.9. The lowest BCUT2D eigenvalue weighted by Gasteiger charge is -2.36. The van der Waals surface area contributed by atoms with E-state index in [1.54, 1.807) is 10.9 Å². The highest BCUT2D eigenvalue weighted by molar-refractivity contribution is 5.98. The van der Waals surface area contributed by atoms with Gasteiger partial charge in [0.05, 0.1) is 36.4 Å². The van der Waals surface area contributed by atoms with Gasteiger partial charge < -0.3 is 4.74 Å². The number of pyridine rings is 2. The Labute approximate surface area is 212 Å². The van der Waals surface area contributed by atoms with Gasteiger partial charge in [-0.25, -0.2) is 9.67 Å². The Balaban J connectivity index is 1.09. The number of allylic oxidation sites excluding steroid dienone is 1. The van der Waals surface area contributed by atoms with Gasteiger partial charge in [0.15, 0.2) is 11.6 Å². The maximum atomic E-state index is 13.1. The normalized spacial score (nSPS) is 20.8. The molecule has 1 aliphatic heterocycles. The van der Waals surface area contributed by atoms with Crippen LogP contribution in [0.15, 0.2) is 48.9 Å². The van der Waals surface area contributed by atoms with Crippen molar-refractivity contribution in [1.82, 2.24) is 24.6 Å². The van der Waals surface area contributed by atoms with Gasteiger partial charge in [-0.2, -0.15) is 5.10 Å². The average molecular weight is 484 g/mol. The molecule has 7 heteroatoms. The van der Waals surface area contributed by atoms with E-state index in [4.69, 9.17) is 9.72 Å². The van der Waals surface area contributed by atoms with Crippen LogP contribution in [0.2, 0.25) is 0 Å². The molecule has 7 nitrogen and oxygen atoms in total. The fraction of sp³-hybridized carbons (Fsp3) is 0.448. The molecular formula is C29H33N5O2. The lowest BCUT2D eigenvalue weighted by atomic mass is 9.91. The molecule has 36 heavy (non-hydrogen) atoms. The minimum Gasteiger partial charge on any atom is -0.379 e. The van der Waals surface area contributed by atoms with Gasteiger partial charge in [0, 0.05) is 37.9 Å². The first-order valence-corrected chi connectivity index (χ1v) is 13.2. The number of Topliss-reactive ketones (excluding diaryl/α,β-unsaturated/α-hetero) is 1. The van der Waals surface area contributed by atoms with Crippen LogP contribution in [0.1, 0.15) is 70.9 Å². The van der Waals surface area contributed by atoms with Crippen LogP contribution in [-0.4, -0.2) is 62.8 Å². The summed E-state index contributed by atoms with van der Waals surface area (Å²) >= 11 is 0. The number of ether oxygens (including phenoxy) is 1. The van der Waals surface area contributed by atoms with Gasteiger partial charge in [-0.1, -0.05) is 18.2 Å². The van der Waals surface area contributed by atoms with Gasteiger partial charge in [0.25, 0.3) is 0 Å². The highest BCUT2D eigenvalue weighted by atomic mass is 16.5. The van der Waals surface area contributed by atoms with Crippen molar-refractivity contribution in [2.45, 2.75) is 57.4 Å². The summed E-state index contributed by atoms with van der Waals surface area (Å²) in [6, 6.07) is 8.83. The van der Waals surface area contributed by atoms with E-state index < -0.39 is 0 Å². The second kappa shape index (κ2) is 10.1. The number of carbonyl (C=O) groups is 1. The van der Waals surface area contributed by atoms with E-state index >= 15 is 0 Å². The third-order valence-electron chi connectivity index (χ3n) is 7.81. The number of ketones is 1. The Morgan fingerprint density at radius 1 is 1.03 bits per heavy atom. The van der Waals surface area contributed by atoms with Crippen molar-refractivity contribution in [1.29, 1.82) is 0 Å². The van der Waals surface area contributed by atoms with Gasteiger partial charge in [-0.05, 0) is 73.8 Å². The van der Waals surface area contributed by atoms with Crippen molar-refractivity contribution in [3.8, 4) is 5.82 Å². The number of aromatic nitrogens is 4. The average Bonchev–Trinajstić information content (AvgIpc) is 3.71. The lowest BCUT2D eigenvalue weighted by Crippen LogP contribution is -2.43. The van der Waals surface area contributed by atoms with E-state index in [0.717, 1.165) is 68.3 Å². The van der Waals surface area contributed by atoms with Crippen molar-refractivity contribution >= 4 is 11.4 Å². The Kier molecular flexibility index (Phi) is 6.50. The maximum Gasteiger partial charge on any atom is 0.170 e. The molecule has 0 aromatic carbocycles. The summed E-state index contributed by atoms with van der Waals surface area (Å²) in [5.74, 6) is 1.47. The van der Waals surface area contributed by atoms with Crippen LogP contribution in [0, 0.1) is 6.92 Å². The Bertz CT molecular complexity index is 1250. The first-order chi connectivity index (χ1) is 17.7. The van der Waals surface area contributed by atoms with E-state index in [2.05, 4.69) is 33.2 Å². The Morgan fingerprint density at radius 3 is 2.56 bits per heavy atom. The summed E-state index contributed by atoms with van der Waals surface area (Å²) in [7, 11) is 0. The number of hydrogen-bond acceptors (Lipinski definition) is 6. The van der Waals surface area contributed by atoms with Gasteiger partial charge in [-0.15, -0.1) is 0 Å². The SMILES string of the molecule is Cc1c(C(=O)Cc2ccc(C3=CCC(N4CCOCC4)CC3)nc2)cnn1-c1ccc(C2CC2)cn1. The molecule has 3 aliphatic rings.